The summed E-state index contributed by atoms with van der Waals surface area (Å²) in [5.74, 6) is 0.618. The quantitative estimate of drug-likeness (QED) is 0.274. The molecule has 1 saturated heterocycles. The molecule has 1 N–H and O–H groups in total. The Morgan fingerprint density at radius 3 is 2.53 bits per heavy atom. The number of ether oxygens (including phenoxy) is 2. The summed E-state index contributed by atoms with van der Waals surface area (Å²) in [6.07, 6.45) is 1.60. The van der Waals surface area contributed by atoms with E-state index in [1.54, 1.807) is 36.4 Å². The van der Waals surface area contributed by atoms with Crippen molar-refractivity contribution < 1.29 is 19.1 Å². The Kier molecular flexibility index (Phi) is 7.24. The lowest BCUT2D eigenvalue weighted by Crippen LogP contribution is -2.30. The highest BCUT2D eigenvalue weighted by Crippen LogP contribution is 2.38. The van der Waals surface area contributed by atoms with Crippen LogP contribution in [0.3, 0.4) is 0 Å². The number of amides is 3. The van der Waals surface area contributed by atoms with Crippen LogP contribution in [0.15, 0.2) is 70.8 Å². The van der Waals surface area contributed by atoms with E-state index in [1.807, 2.05) is 44.2 Å². The van der Waals surface area contributed by atoms with E-state index >= 15 is 0 Å². The van der Waals surface area contributed by atoms with Crippen LogP contribution in [0.5, 0.6) is 11.5 Å². The Bertz CT molecular complexity index is 1270. The number of aryl methyl sites for hydroxylation is 1. The molecule has 0 atom stereocenters. The Morgan fingerprint density at radius 2 is 1.82 bits per heavy atom. The SMILES string of the molecule is CCOc1cc(/C=C2/NC(=O)N(c3cccc(Cl)c3)C2=O)cc(Br)c1OCc1ccc(C)cc1. The first-order valence-corrected chi connectivity index (χ1v) is 11.8. The second-order valence-corrected chi connectivity index (χ2v) is 8.94. The average molecular weight is 542 g/mol. The zero-order valence-electron chi connectivity index (χ0n) is 18.6. The molecule has 3 aromatic carbocycles. The molecule has 0 bridgehead atoms. The molecular weight excluding hydrogens is 520 g/mol. The van der Waals surface area contributed by atoms with Gasteiger partial charge in [0.25, 0.3) is 5.91 Å². The normalized spacial score (nSPS) is 14.5. The number of halogens is 2. The molecule has 0 radical (unpaired) electrons. The maximum atomic E-state index is 12.9. The molecule has 0 unspecified atom stereocenters. The summed E-state index contributed by atoms with van der Waals surface area (Å²) in [4.78, 5) is 26.5. The van der Waals surface area contributed by atoms with Gasteiger partial charge in [-0.15, -0.1) is 0 Å². The van der Waals surface area contributed by atoms with Gasteiger partial charge in [-0.3, -0.25) is 4.79 Å². The largest absolute Gasteiger partial charge is 0.490 e. The summed E-state index contributed by atoms with van der Waals surface area (Å²) in [5, 5.41) is 3.06. The van der Waals surface area contributed by atoms with Crippen LogP contribution in [0.25, 0.3) is 6.08 Å². The summed E-state index contributed by atoms with van der Waals surface area (Å²) in [6.45, 7) is 4.73. The van der Waals surface area contributed by atoms with Crippen LogP contribution >= 0.6 is 27.5 Å². The minimum Gasteiger partial charge on any atom is -0.490 e. The maximum absolute atomic E-state index is 12.9. The van der Waals surface area contributed by atoms with Gasteiger partial charge in [-0.05, 0) is 77.3 Å². The zero-order chi connectivity index (χ0) is 24.2. The molecule has 0 aromatic heterocycles. The van der Waals surface area contributed by atoms with E-state index in [0.29, 0.717) is 45.5 Å². The molecule has 4 rings (SSSR count). The summed E-state index contributed by atoms with van der Waals surface area (Å²) >= 11 is 9.58. The van der Waals surface area contributed by atoms with E-state index < -0.39 is 11.9 Å². The van der Waals surface area contributed by atoms with Crippen molar-refractivity contribution in [1.29, 1.82) is 0 Å². The fourth-order valence-electron chi connectivity index (χ4n) is 3.47. The third-order valence-corrected chi connectivity index (χ3v) is 5.92. The van der Waals surface area contributed by atoms with Gasteiger partial charge in [0.15, 0.2) is 11.5 Å². The first kappa shape index (κ1) is 23.9. The van der Waals surface area contributed by atoms with Crippen molar-refractivity contribution >= 4 is 51.2 Å². The van der Waals surface area contributed by atoms with Gasteiger partial charge in [0, 0.05) is 5.02 Å². The Balaban J connectivity index is 1.60. The second-order valence-electron chi connectivity index (χ2n) is 7.65. The third-order valence-electron chi connectivity index (χ3n) is 5.09. The number of carbonyl (C=O) groups is 2. The molecule has 1 fully saturated rings. The van der Waals surface area contributed by atoms with Crippen LogP contribution in [-0.2, 0) is 11.4 Å². The van der Waals surface area contributed by atoms with Gasteiger partial charge in [0.05, 0.1) is 16.8 Å². The standard InChI is InChI=1S/C26H22BrClN2O4/c1-3-33-23-13-18(11-21(27)24(23)34-15-17-9-7-16(2)8-10-17)12-22-25(31)30(26(32)29-22)20-6-4-5-19(28)14-20/h4-14H,3,15H2,1-2H3,(H,29,32)/b22-12+. The Hall–Kier alpha value is -3.29. The fraction of sp³-hybridized carbons (Fsp3) is 0.154. The van der Waals surface area contributed by atoms with Gasteiger partial charge in [-0.1, -0.05) is 47.5 Å². The lowest BCUT2D eigenvalue weighted by Gasteiger charge is -2.15. The number of anilines is 1. The van der Waals surface area contributed by atoms with Crippen molar-refractivity contribution in [3.8, 4) is 11.5 Å². The number of benzene rings is 3. The van der Waals surface area contributed by atoms with E-state index in [1.165, 1.54) is 5.56 Å². The molecule has 6 nitrogen and oxygen atoms in total. The number of imide groups is 1. The van der Waals surface area contributed by atoms with Crippen LogP contribution in [0, 0.1) is 6.92 Å². The van der Waals surface area contributed by atoms with Crippen LogP contribution in [0.4, 0.5) is 10.5 Å². The summed E-state index contributed by atoms with van der Waals surface area (Å²) in [6, 6.07) is 17.7. The van der Waals surface area contributed by atoms with Crippen molar-refractivity contribution in [3.63, 3.8) is 0 Å². The summed E-state index contributed by atoms with van der Waals surface area (Å²) in [7, 11) is 0. The van der Waals surface area contributed by atoms with Gasteiger partial charge in [0.1, 0.15) is 12.3 Å². The van der Waals surface area contributed by atoms with Crippen LogP contribution in [0.2, 0.25) is 5.02 Å². The highest BCUT2D eigenvalue weighted by atomic mass is 79.9. The molecule has 8 heteroatoms. The van der Waals surface area contributed by atoms with Gasteiger partial charge >= 0.3 is 6.03 Å². The number of nitrogens with zero attached hydrogens (tertiary/aromatic N) is 1. The van der Waals surface area contributed by atoms with Gasteiger partial charge in [-0.2, -0.15) is 0 Å². The highest BCUT2D eigenvalue weighted by Gasteiger charge is 2.35. The van der Waals surface area contributed by atoms with Gasteiger partial charge < -0.3 is 14.8 Å². The van der Waals surface area contributed by atoms with Crippen molar-refractivity contribution in [3.05, 3.63) is 92.5 Å². The number of nitrogens with one attached hydrogen (secondary N) is 1. The van der Waals surface area contributed by atoms with E-state index in [-0.39, 0.29) is 5.70 Å². The molecule has 3 aromatic rings. The Labute approximate surface area is 211 Å². The maximum Gasteiger partial charge on any atom is 0.333 e. The van der Waals surface area contributed by atoms with Gasteiger partial charge in [-0.25, -0.2) is 9.69 Å². The lowest BCUT2D eigenvalue weighted by molar-refractivity contribution is -0.113. The molecule has 1 heterocycles. The molecule has 1 aliphatic heterocycles. The van der Waals surface area contributed by atoms with Gasteiger partial charge in [0.2, 0.25) is 0 Å². The third kappa shape index (κ3) is 5.26. The van der Waals surface area contributed by atoms with Crippen LogP contribution < -0.4 is 19.7 Å². The van der Waals surface area contributed by atoms with Crippen molar-refractivity contribution in [2.75, 3.05) is 11.5 Å². The number of urea groups is 1. The number of carbonyl (C=O) groups excluding carboxylic acids is 2. The molecule has 0 saturated carbocycles. The topological polar surface area (TPSA) is 67.9 Å². The summed E-state index contributed by atoms with van der Waals surface area (Å²) < 4.78 is 12.5. The van der Waals surface area contributed by atoms with E-state index in [9.17, 15) is 9.59 Å². The number of hydrogen-bond donors (Lipinski definition) is 1. The minimum atomic E-state index is -0.541. The number of rotatable bonds is 7. The molecular formula is C26H22BrClN2O4. The number of hydrogen-bond acceptors (Lipinski definition) is 4. The van der Waals surface area contributed by atoms with Crippen LogP contribution in [0.1, 0.15) is 23.6 Å². The smallest absolute Gasteiger partial charge is 0.333 e. The second kappa shape index (κ2) is 10.3. The first-order chi connectivity index (χ1) is 16.4. The average Bonchev–Trinajstić information content (AvgIpc) is 3.07. The molecule has 0 aliphatic carbocycles. The minimum absolute atomic E-state index is 0.146. The predicted molar refractivity (Wildman–Crippen MR) is 136 cm³/mol. The lowest BCUT2D eigenvalue weighted by atomic mass is 10.1. The summed E-state index contributed by atoms with van der Waals surface area (Å²) in [5.41, 5.74) is 3.42. The molecule has 1 aliphatic rings. The first-order valence-electron chi connectivity index (χ1n) is 10.6. The highest BCUT2D eigenvalue weighted by molar-refractivity contribution is 9.10. The van der Waals surface area contributed by atoms with Crippen molar-refractivity contribution in [2.45, 2.75) is 20.5 Å². The Morgan fingerprint density at radius 1 is 1.06 bits per heavy atom. The van der Waals surface area contributed by atoms with Crippen LogP contribution in [-0.4, -0.2) is 18.5 Å². The molecule has 34 heavy (non-hydrogen) atoms. The predicted octanol–water partition coefficient (Wildman–Crippen LogP) is 6.49. The van der Waals surface area contributed by atoms with Crippen molar-refractivity contribution in [2.24, 2.45) is 0 Å². The fourth-order valence-corrected chi connectivity index (χ4v) is 4.22. The monoisotopic (exact) mass is 540 g/mol. The molecule has 174 valence electrons. The van der Waals surface area contributed by atoms with E-state index in [2.05, 4.69) is 21.2 Å². The molecule has 0 spiro atoms. The van der Waals surface area contributed by atoms with Crippen molar-refractivity contribution in [1.82, 2.24) is 5.32 Å². The zero-order valence-corrected chi connectivity index (χ0v) is 20.9. The van der Waals surface area contributed by atoms with E-state index in [0.717, 1.165) is 10.5 Å². The molecule has 3 amide bonds. The van der Waals surface area contributed by atoms with E-state index in [4.69, 9.17) is 21.1 Å².